The van der Waals surface area contributed by atoms with Crippen LogP contribution in [0.3, 0.4) is 0 Å². The van der Waals surface area contributed by atoms with E-state index in [1.54, 1.807) is 11.9 Å². The maximum Gasteiger partial charge on any atom is 0.278 e. The Balaban J connectivity index is 1.73. The van der Waals surface area contributed by atoms with E-state index in [4.69, 9.17) is 0 Å². The van der Waals surface area contributed by atoms with Crippen LogP contribution in [0.1, 0.15) is 16.7 Å². The second-order valence-corrected chi connectivity index (χ2v) is 7.55. The summed E-state index contributed by atoms with van der Waals surface area (Å²) < 4.78 is 0. The van der Waals surface area contributed by atoms with E-state index in [-0.39, 0.29) is 29.4 Å². The molecular weight excluding hydrogens is 406 g/mol. The predicted octanol–water partition coefficient (Wildman–Crippen LogP) is 4.01. The topological polar surface area (TPSA) is 83.8 Å². The first-order chi connectivity index (χ1) is 15.5. The second-order valence-electron chi connectivity index (χ2n) is 7.55. The Morgan fingerprint density at radius 3 is 1.94 bits per heavy atom. The summed E-state index contributed by atoms with van der Waals surface area (Å²) in [7, 11) is 1.77. The first-order valence-corrected chi connectivity index (χ1v) is 10.1. The number of hydrogen-bond donors (Lipinski definition) is 0. The zero-order valence-corrected chi connectivity index (χ0v) is 17.5. The second kappa shape index (κ2) is 8.85. The number of non-ortho nitro benzene ring substituents is 1. The molecule has 0 spiro atoms. The molecule has 160 valence electrons. The highest BCUT2D eigenvalue weighted by Crippen LogP contribution is 2.33. The van der Waals surface area contributed by atoms with Gasteiger partial charge < -0.3 is 4.90 Å². The van der Waals surface area contributed by atoms with Gasteiger partial charge in [0.05, 0.1) is 17.0 Å². The number of imide groups is 1. The summed E-state index contributed by atoms with van der Waals surface area (Å²) in [5.41, 5.74) is 2.75. The molecule has 4 rings (SSSR count). The summed E-state index contributed by atoms with van der Waals surface area (Å²) in [6, 6.07) is 24.7. The molecule has 7 heteroatoms. The third kappa shape index (κ3) is 4.13. The summed E-state index contributed by atoms with van der Waals surface area (Å²) in [6.45, 7) is 0.586. The fourth-order valence-corrected chi connectivity index (χ4v) is 3.77. The van der Waals surface area contributed by atoms with Gasteiger partial charge in [0.1, 0.15) is 5.70 Å². The Labute approximate surface area is 185 Å². The number of nitrogens with zero attached hydrogens (tertiary/aromatic N) is 3. The fraction of sp³-hybridized carbons (Fsp3) is 0.120. The van der Waals surface area contributed by atoms with E-state index in [1.807, 2.05) is 60.7 Å². The molecule has 0 unspecified atom stereocenters. The highest BCUT2D eigenvalue weighted by atomic mass is 16.6. The third-order valence-corrected chi connectivity index (χ3v) is 5.34. The number of amides is 2. The van der Waals surface area contributed by atoms with Crippen LogP contribution in [0, 0.1) is 10.1 Å². The van der Waals surface area contributed by atoms with Gasteiger partial charge in [-0.3, -0.25) is 24.6 Å². The zero-order chi connectivity index (χ0) is 22.7. The van der Waals surface area contributed by atoms with Crippen molar-refractivity contribution in [1.82, 2.24) is 9.80 Å². The minimum Gasteiger partial charge on any atom is -0.365 e. The monoisotopic (exact) mass is 427 g/mol. The van der Waals surface area contributed by atoms with Crippen LogP contribution in [0.4, 0.5) is 5.69 Å². The van der Waals surface area contributed by atoms with Gasteiger partial charge in [0.15, 0.2) is 0 Å². The van der Waals surface area contributed by atoms with E-state index >= 15 is 0 Å². The summed E-state index contributed by atoms with van der Waals surface area (Å²) in [6.07, 6.45) is 0. The number of nitro benzene ring substituents is 1. The van der Waals surface area contributed by atoms with Crippen LogP contribution in [0.5, 0.6) is 0 Å². The van der Waals surface area contributed by atoms with Crippen molar-refractivity contribution in [2.45, 2.75) is 13.1 Å². The van der Waals surface area contributed by atoms with Gasteiger partial charge in [0.2, 0.25) is 0 Å². The summed E-state index contributed by atoms with van der Waals surface area (Å²) >= 11 is 0. The molecule has 1 aliphatic rings. The molecule has 0 atom stereocenters. The minimum absolute atomic E-state index is 0.0774. The maximum atomic E-state index is 13.4. The fourth-order valence-electron chi connectivity index (χ4n) is 3.77. The van der Waals surface area contributed by atoms with Gasteiger partial charge in [0.25, 0.3) is 17.5 Å². The molecule has 0 aliphatic carbocycles. The maximum absolute atomic E-state index is 13.4. The Morgan fingerprint density at radius 1 is 0.812 bits per heavy atom. The molecule has 1 heterocycles. The van der Waals surface area contributed by atoms with Crippen LogP contribution in [-0.2, 0) is 22.7 Å². The summed E-state index contributed by atoms with van der Waals surface area (Å²) in [5, 5.41) is 11.0. The number of carbonyl (C=O) groups is 2. The van der Waals surface area contributed by atoms with Gasteiger partial charge in [-0.25, -0.2) is 0 Å². The Morgan fingerprint density at radius 2 is 1.38 bits per heavy atom. The van der Waals surface area contributed by atoms with Crippen LogP contribution in [0.15, 0.2) is 90.6 Å². The number of nitro groups is 1. The molecule has 0 N–H and O–H groups in total. The first-order valence-electron chi connectivity index (χ1n) is 10.1. The standard InChI is InChI=1S/C25H21N3O4/c1-26(16-18-8-4-2-5-9-18)23-22(20-12-14-21(15-13-20)28(31)32)24(29)27(25(23)30)17-19-10-6-3-7-11-19/h2-15H,16-17H2,1H3. The molecule has 7 nitrogen and oxygen atoms in total. The number of hydrogen-bond acceptors (Lipinski definition) is 5. The minimum atomic E-state index is -0.496. The van der Waals surface area contributed by atoms with E-state index in [2.05, 4.69) is 0 Å². The summed E-state index contributed by atoms with van der Waals surface area (Å²) in [5.74, 6) is -0.798. The number of carbonyl (C=O) groups excluding carboxylic acids is 2. The lowest BCUT2D eigenvalue weighted by Crippen LogP contribution is -2.33. The molecular formula is C25H21N3O4. The van der Waals surface area contributed by atoms with Crippen molar-refractivity contribution in [3.63, 3.8) is 0 Å². The highest BCUT2D eigenvalue weighted by Gasteiger charge is 2.40. The third-order valence-electron chi connectivity index (χ3n) is 5.34. The van der Waals surface area contributed by atoms with Gasteiger partial charge in [-0.15, -0.1) is 0 Å². The summed E-state index contributed by atoms with van der Waals surface area (Å²) in [4.78, 5) is 40.3. The van der Waals surface area contributed by atoms with Crippen molar-refractivity contribution in [2.24, 2.45) is 0 Å². The molecule has 3 aromatic rings. The molecule has 0 saturated heterocycles. The highest BCUT2D eigenvalue weighted by molar-refractivity contribution is 6.35. The molecule has 32 heavy (non-hydrogen) atoms. The average Bonchev–Trinajstić information content (AvgIpc) is 3.05. The Hall–Kier alpha value is -4.26. The molecule has 0 bridgehead atoms. The van der Waals surface area contributed by atoms with E-state index in [0.29, 0.717) is 12.1 Å². The van der Waals surface area contributed by atoms with Gasteiger partial charge in [-0.2, -0.15) is 0 Å². The van der Waals surface area contributed by atoms with Gasteiger partial charge >= 0.3 is 0 Å². The van der Waals surface area contributed by atoms with E-state index in [1.165, 1.54) is 29.2 Å². The smallest absolute Gasteiger partial charge is 0.278 e. The predicted molar refractivity (Wildman–Crippen MR) is 120 cm³/mol. The van der Waals surface area contributed by atoms with Crippen molar-refractivity contribution in [1.29, 1.82) is 0 Å². The van der Waals surface area contributed by atoms with Gasteiger partial charge in [-0.1, -0.05) is 60.7 Å². The van der Waals surface area contributed by atoms with Crippen LogP contribution in [-0.4, -0.2) is 33.6 Å². The molecule has 0 fully saturated rings. The van der Waals surface area contributed by atoms with Crippen LogP contribution in [0.2, 0.25) is 0 Å². The van der Waals surface area contributed by atoms with Crippen molar-refractivity contribution < 1.29 is 14.5 Å². The van der Waals surface area contributed by atoms with Crippen molar-refractivity contribution >= 4 is 23.1 Å². The van der Waals surface area contributed by atoms with Crippen LogP contribution >= 0.6 is 0 Å². The van der Waals surface area contributed by atoms with E-state index in [9.17, 15) is 19.7 Å². The lowest BCUT2D eigenvalue weighted by atomic mass is 10.0. The SMILES string of the molecule is CN(Cc1ccccc1)C1=C(c2ccc([N+](=O)[O-])cc2)C(=O)N(Cc2ccccc2)C1=O. The largest absolute Gasteiger partial charge is 0.365 e. The number of likely N-dealkylation sites (N-methyl/N-ethyl adjacent to an activating group) is 1. The van der Waals surface area contributed by atoms with E-state index in [0.717, 1.165) is 11.1 Å². The zero-order valence-electron chi connectivity index (χ0n) is 17.5. The van der Waals surface area contributed by atoms with Crippen molar-refractivity contribution in [3.8, 4) is 0 Å². The molecule has 1 aliphatic heterocycles. The lowest BCUT2D eigenvalue weighted by Gasteiger charge is -2.21. The van der Waals surface area contributed by atoms with Crippen LogP contribution in [0.25, 0.3) is 5.57 Å². The normalized spacial score (nSPS) is 13.6. The van der Waals surface area contributed by atoms with Gasteiger partial charge in [0, 0.05) is 25.7 Å². The Kier molecular flexibility index (Phi) is 5.81. The molecule has 2 amide bonds. The quantitative estimate of drug-likeness (QED) is 0.323. The molecule has 0 aromatic heterocycles. The van der Waals surface area contributed by atoms with E-state index < -0.39 is 10.8 Å². The van der Waals surface area contributed by atoms with Gasteiger partial charge in [-0.05, 0) is 28.8 Å². The average molecular weight is 427 g/mol. The van der Waals surface area contributed by atoms with Crippen molar-refractivity contribution in [3.05, 3.63) is 117 Å². The molecule has 0 saturated carbocycles. The Bertz CT molecular complexity index is 1190. The molecule has 0 radical (unpaired) electrons. The first kappa shape index (κ1) is 21.0. The molecule has 3 aromatic carbocycles. The number of benzene rings is 3. The lowest BCUT2D eigenvalue weighted by molar-refractivity contribution is -0.384. The van der Waals surface area contributed by atoms with Crippen LogP contribution < -0.4 is 0 Å². The van der Waals surface area contributed by atoms with Crippen molar-refractivity contribution in [2.75, 3.05) is 7.05 Å². The number of rotatable bonds is 7.